The van der Waals surface area contributed by atoms with Gasteiger partial charge in [-0.1, -0.05) is 5.16 Å². The van der Waals surface area contributed by atoms with Crippen molar-refractivity contribution >= 4 is 14.0 Å². The number of hydrogen-bond donors (Lipinski definition) is 0. The van der Waals surface area contributed by atoms with Crippen molar-refractivity contribution in [3.63, 3.8) is 0 Å². The van der Waals surface area contributed by atoms with Crippen molar-refractivity contribution in [3.05, 3.63) is 30.1 Å². The average Bonchev–Trinajstić information content (AvgIpc) is 2.54. The molecule has 1 aromatic heterocycles. The van der Waals surface area contributed by atoms with Crippen LogP contribution in [0.5, 0.6) is 0 Å². The summed E-state index contributed by atoms with van der Waals surface area (Å²) in [6.45, 7) is 1.99. The van der Waals surface area contributed by atoms with Crippen LogP contribution < -0.4 is 0 Å². The van der Waals surface area contributed by atoms with Gasteiger partial charge in [-0.25, -0.2) is 0 Å². The Morgan fingerprint density at radius 3 is 2.75 bits per heavy atom. The SMILES string of the molecule is CC1=NOC(c2ccncc2)P1. The second-order valence-corrected chi connectivity index (χ2v) is 4.12. The highest BCUT2D eigenvalue weighted by atomic mass is 31.1. The molecule has 4 heteroatoms. The van der Waals surface area contributed by atoms with Crippen LogP contribution in [-0.2, 0) is 4.84 Å². The first kappa shape index (κ1) is 7.69. The molecule has 62 valence electrons. The molecule has 2 rings (SSSR count). The Balaban J connectivity index is 2.14. The molecule has 2 atom stereocenters. The molecule has 0 radical (unpaired) electrons. The summed E-state index contributed by atoms with van der Waals surface area (Å²) in [4.78, 5) is 9.17. The highest BCUT2D eigenvalue weighted by Gasteiger charge is 2.19. The fourth-order valence-corrected chi connectivity index (χ4v) is 2.01. The molecule has 2 unspecified atom stereocenters. The van der Waals surface area contributed by atoms with Gasteiger partial charge >= 0.3 is 0 Å². The minimum absolute atomic E-state index is 0.132. The molecule has 1 aliphatic rings. The number of aromatic nitrogens is 1. The number of pyridine rings is 1. The van der Waals surface area contributed by atoms with E-state index in [1.54, 1.807) is 12.4 Å². The Labute approximate surface area is 72.6 Å². The van der Waals surface area contributed by atoms with Crippen molar-refractivity contribution in [2.24, 2.45) is 5.16 Å². The van der Waals surface area contributed by atoms with E-state index in [2.05, 4.69) is 10.1 Å². The lowest BCUT2D eigenvalue weighted by molar-refractivity contribution is 0.129. The van der Waals surface area contributed by atoms with Gasteiger partial charge in [-0.15, -0.1) is 0 Å². The Morgan fingerprint density at radius 1 is 1.42 bits per heavy atom. The summed E-state index contributed by atoms with van der Waals surface area (Å²) < 4.78 is 0. The molecule has 0 amide bonds. The van der Waals surface area contributed by atoms with Gasteiger partial charge in [0.2, 0.25) is 0 Å². The summed E-state index contributed by atoms with van der Waals surface area (Å²) in [5.41, 5.74) is 2.24. The molecule has 0 N–H and O–H groups in total. The predicted molar refractivity (Wildman–Crippen MR) is 49.5 cm³/mol. The van der Waals surface area contributed by atoms with Gasteiger partial charge in [0.1, 0.15) is 0 Å². The molecule has 0 fully saturated rings. The van der Waals surface area contributed by atoms with E-state index in [9.17, 15) is 0 Å². The van der Waals surface area contributed by atoms with E-state index in [0.29, 0.717) is 8.58 Å². The van der Waals surface area contributed by atoms with Crippen LogP contribution in [0.25, 0.3) is 0 Å². The van der Waals surface area contributed by atoms with Gasteiger partial charge in [0, 0.05) is 18.0 Å². The maximum atomic E-state index is 5.22. The number of rotatable bonds is 1. The standard InChI is InChI=1S/C8H9N2OP/c1-6-10-11-8(12-6)7-2-4-9-5-3-7/h2-5,8,12H,1H3. The molecule has 0 bridgehead atoms. The maximum absolute atomic E-state index is 5.22. The topological polar surface area (TPSA) is 34.5 Å². The van der Waals surface area contributed by atoms with Crippen LogP contribution in [0.4, 0.5) is 0 Å². The Kier molecular flexibility index (Phi) is 2.05. The van der Waals surface area contributed by atoms with Gasteiger partial charge in [-0.2, -0.15) is 0 Å². The molecule has 12 heavy (non-hydrogen) atoms. The van der Waals surface area contributed by atoms with Gasteiger partial charge in [0.15, 0.2) is 5.85 Å². The van der Waals surface area contributed by atoms with Gasteiger partial charge < -0.3 is 4.84 Å². The highest BCUT2D eigenvalue weighted by Crippen LogP contribution is 2.41. The summed E-state index contributed by atoms with van der Waals surface area (Å²) in [6, 6.07) is 3.93. The molecule has 0 spiro atoms. The monoisotopic (exact) mass is 180 g/mol. The zero-order valence-corrected chi connectivity index (χ0v) is 7.69. The third-order valence-corrected chi connectivity index (χ3v) is 2.85. The molecule has 2 heterocycles. The molecular weight excluding hydrogens is 171 g/mol. The van der Waals surface area contributed by atoms with E-state index in [-0.39, 0.29) is 5.85 Å². The molecule has 1 aliphatic heterocycles. The normalized spacial score (nSPS) is 23.8. The van der Waals surface area contributed by atoms with E-state index in [4.69, 9.17) is 4.84 Å². The molecule has 0 aliphatic carbocycles. The summed E-state index contributed by atoms with van der Waals surface area (Å²) in [5.74, 6) is 0.132. The molecule has 3 nitrogen and oxygen atoms in total. The fraction of sp³-hybridized carbons (Fsp3) is 0.250. The van der Waals surface area contributed by atoms with Gasteiger partial charge in [-0.3, -0.25) is 4.98 Å². The molecule has 0 saturated carbocycles. The predicted octanol–water partition coefficient (Wildman–Crippen LogP) is 2.12. The smallest absolute Gasteiger partial charge is 0.173 e. The maximum Gasteiger partial charge on any atom is 0.173 e. The molecule has 1 aromatic rings. The largest absolute Gasteiger partial charge is 0.383 e. The number of oxime groups is 1. The minimum atomic E-state index is 0.132. The van der Waals surface area contributed by atoms with Crippen LogP contribution in [0, 0.1) is 0 Å². The molecule has 0 saturated heterocycles. The minimum Gasteiger partial charge on any atom is -0.383 e. The second kappa shape index (κ2) is 3.20. The Bertz CT molecular complexity index is 299. The van der Waals surface area contributed by atoms with E-state index in [1.807, 2.05) is 19.1 Å². The van der Waals surface area contributed by atoms with E-state index < -0.39 is 0 Å². The van der Waals surface area contributed by atoms with Crippen LogP contribution in [0.1, 0.15) is 18.3 Å². The van der Waals surface area contributed by atoms with Crippen LogP contribution >= 0.6 is 8.58 Å². The van der Waals surface area contributed by atoms with Crippen LogP contribution in [0.15, 0.2) is 29.7 Å². The number of nitrogens with zero attached hydrogens (tertiary/aromatic N) is 2. The first-order valence-electron chi connectivity index (χ1n) is 3.73. The summed E-state index contributed by atoms with van der Waals surface area (Å²) in [6.07, 6.45) is 3.55. The summed E-state index contributed by atoms with van der Waals surface area (Å²) in [5, 5.41) is 3.90. The van der Waals surface area contributed by atoms with Crippen LogP contribution in [0.3, 0.4) is 0 Å². The molecular formula is C8H9N2OP. The van der Waals surface area contributed by atoms with Crippen molar-refractivity contribution in [1.82, 2.24) is 4.98 Å². The number of hydrogen-bond acceptors (Lipinski definition) is 3. The third-order valence-electron chi connectivity index (χ3n) is 1.64. The van der Waals surface area contributed by atoms with Crippen LogP contribution in [-0.4, -0.2) is 10.4 Å². The first-order chi connectivity index (χ1) is 5.86. The van der Waals surface area contributed by atoms with E-state index in [1.165, 1.54) is 0 Å². The lowest BCUT2D eigenvalue weighted by atomic mass is 10.3. The van der Waals surface area contributed by atoms with Gasteiger partial charge in [0.25, 0.3) is 0 Å². The zero-order chi connectivity index (χ0) is 8.39. The Hall–Kier alpha value is -0.950. The lowest BCUT2D eigenvalue weighted by Crippen LogP contribution is -1.89. The highest BCUT2D eigenvalue weighted by molar-refractivity contribution is 7.58. The second-order valence-electron chi connectivity index (χ2n) is 2.59. The van der Waals surface area contributed by atoms with Crippen LogP contribution in [0.2, 0.25) is 0 Å². The van der Waals surface area contributed by atoms with Gasteiger partial charge in [0.05, 0.1) is 5.45 Å². The van der Waals surface area contributed by atoms with Gasteiger partial charge in [-0.05, 0) is 27.6 Å². The quantitative estimate of drug-likeness (QED) is 0.620. The lowest BCUT2D eigenvalue weighted by Gasteiger charge is -2.06. The summed E-state index contributed by atoms with van der Waals surface area (Å²) in [7, 11) is 0.651. The molecule has 0 aromatic carbocycles. The fourth-order valence-electron chi connectivity index (χ4n) is 1.06. The van der Waals surface area contributed by atoms with E-state index in [0.717, 1.165) is 11.0 Å². The van der Waals surface area contributed by atoms with Crippen molar-refractivity contribution < 1.29 is 4.84 Å². The van der Waals surface area contributed by atoms with Crippen molar-refractivity contribution in [2.75, 3.05) is 0 Å². The summed E-state index contributed by atoms with van der Waals surface area (Å²) >= 11 is 0. The first-order valence-corrected chi connectivity index (χ1v) is 4.81. The van der Waals surface area contributed by atoms with Crippen molar-refractivity contribution in [1.29, 1.82) is 0 Å². The van der Waals surface area contributed by atoms with Crippen molar-refractivity contribution in [3.8, 4) is 0 Å². The van der Waals surface area contributed by atoms with Crippen molar-refractivity contribution in [2.45, 2.75) is 12.8 Å². The third kappa shape index (κ3) is 1.46. The Morgan fingerprint density at radius 2 is 2.17 bits per heavy atom. The van der Waals surface area contributed by atoms with E-state index >= 15 is 0 Å². The average molecular weight is 180 g/mol. The zero-order valence-electron chi connectivity index (χ0n) is 6.69.